The number of carbonyl (C=O) groups is 2. The first-order valence-corrected chi connectivity index (χ1v) is 11.0. The Balaban J connectivity index is 1.42. The molecule has 3 aromatic rings. The molecular weight excluding hydrogens is 410 g/mol. The molecule has 158 valence electrons. The molecule has 1 N–H and O–H groups in total. The van der Waals surface area contributed by atoms with E-state index < -0.39 is 0 Å². The largest absolute Gasteiger partial charge is 0.494 e. The Morgan fingerprint density at radius 1 is 1.10 bits per heavy atom. The van der Waals surface area contributed by atoms with Gasteiger partial charge in [0.2, 0.25) is 5.91 Å². The Labute approximate surface area is 185 Å². The second-order valence-electron chi connectivity index (χ2n) is 6.99. The lowest BCUT2D eigenvalue weighted by Crippen LogP contribution is -2.41. The van der Waals surface area contributed by atoms with Gasteiger partial charge in [0, 0.05) is 17.6 Å². The molecule has 2 aromatic carbocycles. The zero-order valence-corrected chi connectivity index (χ0v) is 18.0. The zero-order valence-electron chi connectivity index (χ0n) is 17.2. The predicted octanol–water partition coefficient (Wildman–Crippen LogP) is 3.95. The molecule has 0 aliphatic carbocycles. The van der Waals surface area contributed by atoms with Crippen molar-refractivity contribution >= 4 is 29.3 Å². The van der Waals surface area contributed by atoms with Crippen LogP contribution in [0.2, 0.25) is 0 Å². The van der Waals surface area contributed by atoms with Crippen LogP contribution in [0, 0.1) is 0 Å². The average Bonchev–Trinajstić information content (AvgIpc) is 2.90. The molecule has 0 saturated heterocycles. The average molecular weight is 434 g/mol. The van der Waals surface area contributed by atoms with Crippen molar-refractivity contribution in [2.24, 2.45) is 0 Å². The van der Waals surface area contributed by atoms with Gasteiger partial charge in [-0.3, -0.25) is 14.5 Å². The molecule has 1 aliphatic heterocycles. The van der Waals surface area contributed by atoms with E-state index in [1.807, 2.05) is 55.5 Å². The number of benzene rings is 2. The van der Waals surface area contributed by atoms with Crippen LogP contribution in [-0.4, -0.2) is 36.5 Å². The Morgan fingerprint density at radius 3 is 2.71 bits per heavy atom. The van der Waals surface area contributed by atoms with Crippen molar-refractivity contribution in [3.05, 3.63) is 78.0 Å². The SMILES string of the molecule is CCOc1ccc(CCNC(=O)CN2C(=O)c3cccnc3Sc3ccccc32)cc1. The van der Waals surface area contributed by atoms with Gasteiger partial charge >= 0.3 is 0 Å². The lowest BCUT2D eigenvalue weighted by Gasteiger charge is -2.22. The highest BCUT2D eigenvalue weighted by atomic mass is 32.2. The van der Waals surface area contributed by atoms with E-state index >= 15 is 0 Å². The maximum absolute atomic E-state index is 13.2. The van der Waals surface area contributed by atoms with Gasteiger partial charge in [0.05, 0.1) is 17.9 Å². The topological polar surface area (TPSA) is 71.5 Å². The van der Waals surface area contributed by atoms with Crippen LogP contribution in [0.1, 0.15) is 22.8 Å². The normalized spacial score (nSPS) is 12.5. The van der Waals surface area contributed by atoms with Crippen LogP contribution in [0.25, 0.3) is 0 Å². The zero-order chi connectivity index (χ0) is 21.6. The molecule has 0 unspecified atom stereocenters. The molecule has 2 heterocycles. The van der Waals surface area contributed by atoms with Crippen molar-refractivity contribution < 1.29 is 14.3 Å². The van der Waals surface area contributed by atoms with Gasteiger partial charge in [0.1, 0.15) is 17.3 Å². The van der Waals surface area contributed by atoms with Crippen LogP contribution in [0.4, 0.5) is 5.69 Å². The molecule has 31 heavy (non-hydrogen) atoms. The number of aromatic nitrogens is 1. The number of nitrogens with zero attached hydrogens (tertiary/aromatic N) is 2. The number of anilines is 1. The van der Waals surface area contributed by atoms with Gasteiger partial charge in [-0.25, -0.2) is 4.98 Å². The molecule has 0 bridgehead atoms. The van der Waals surface area contributed by atoms with Gasteiger partial charge in [0.15, 0.2) is 0 Å². The lowest BCUT2D eigenvalue weighted by molar-refractivity contribution is -0.119. The molecule has 0 spiro atoms. The van der Waals surface area contributed by atoms with Gasteiger partial charge in [-0.15, -0.1) is 0 Å². The standard InChI is InChI=1S/C24H23N3O3S/c1-2-30-18-11-9-17(10-12-18)13-15-25-22(28)16-27-20-7-3-4-8-21(20)31-23-19(24(27)29)6-5-14-26-23/h3-12,14H,2,13,15-16H2,1H3,(H,25,28). The van der Waals surface area contributed by atoms with Gasteiger partial charge in [0.25, 0.3) is 5.91 Å². The van der Waals surface area contributed by atoms with Crippen LogP contribution in [0.15, 0.2) is 76.8 Å². The highest BCUT2D eigenvalue weighted by Gasteiger charge is 2.29. The molecule has 2 amide bonds. The van der Waals surface area contributed by atoms with Crippen molar-refractivity contribution in [2.75, 3.05) is 24.6 Å². The van der Waals surface area contributed by atoms with E-state index in [0.717, 1.165) is 21.9 Å². The monoisotopic (exact) mass is 433 g/mol. The number of fused-ring (bicyclic) bond motifs is 2. The first kappa shape index (κ1) is 20.9. The number of hydrogen-bond acceptors (Lipinski definition) is 5. The first-order valence-electron chi connectivity index (χ1n) is 10.2. The van der Waals surface area contributed by atoms with Crippen molar-refractivity contribution in [1.29, 1.82) is 0 Å². The van der Waals surface area contributed by atoms with Crippen molar-refractivity contribution in [2.45, 2.75) is 23.3 Å². The summed E-state index contributed by atoms with van der Waals surface area (Å²) in [5, 5.41) is 3.58. The van der Waals surface area contributed by atoms with Crippen molar-refractivity contribution in [1.82, 2.24) is 10.3 Å². The number of rotatable bonds is 7. The van der Waals surface area contributed by atoms with Crippen molar-refractivity contribution in [3.8, 4) is 5.75 Å². The van der Waals surface area contributed by atoms with Crippen LogP contribution in [0.5, 0.6) is 5.75 Å². The Morgan fingerprint density at radius 2 is 1.90 bits per heavy atom. The number of pyridine rings is 1. The summed E-state index contributed by atoms with van der Waals surface area (Å²) in [6.45, 7) is 3.02. The number of amides is 2. The van der Waals surface area contributed by atoms with Gasteiger partial charge in [-0.2, -0.15) is 0 Å². The fourth-order valence-corrected chi connectivity index (χ4v) is 4.40. The quantitative estimate of drug-likeness (QED) is 0.611. The molecular formula is C24H23N3O3S. The highest BCUT2D eigenvalue weighted by Crippen LogP contribution is 2.39. The summed E-state index contributed by atoms with van der Waals surface area (Å²) in [6.07, 6.45) is 2.37. The van der Waals surface area contributed by atoms with E-state index in [9.17, 15) is 9.59 Å². The molecule has 0 radical (unpaired) electrons. The summed E-state index contributed by atoms with van der Waals surface area (Å²) >= 11 is 1.44. The molecule has 4 rings (SSSR count). The third-order valence-corrected chi connectivity index (χ3v) is 5.97. The lowest BCUT2D eigenvalue weighted by atomic mass is 10.1. The maximum atomic E-state index is 13.2. The second-order valence-corrected chi connectivity index (χ2v) is 8.02. The molecule has 6 nitrogen and oxygen atoms in total. The van der Waals surface area contributed by atoms with Crippen molar-refractivity contribution in [3.63, 3.8) is 0 Å². The molecule has 1 aromatic heterocycles. The van der Waals surface area contributed by atoms with E-state index in [1.54, 1.807) is 18.3 Å². The van der Waals surface area contributed by atoms with E-state index in [-0.39, 0.29) is 18.4 Å². The number of hydrogen-bond donors (Lipinski definition) is 1. The van der Waals surface area contributed by atoms with Gasteiger partial charge < -0.3 is 10.1 Å². The van der Waals surface area contributed by atoms with Gasteiger partial charge in [-0.05, 0) is 55.3 Å². The second kappa shape index (κ2) is 9.66. The van der Waals surface area contributed by atoms with Crippen LogP contribution < -0.4 is 15.0 Å². The Kier molecular flexibility index (Phi) is 6.52. The smallest absolute Gasteiger partial charge is 0.261 e. The van der Waals surface area contributed by atoms with Gasteiger partial charge in [-0.1, -0.05) is 36.0 Å². The summed E-state index contributed by atoms with van der Waals surface area (Å²) in [5.74, 6) is 0.412. The Hall–Kier alpha value is -3.32. The number of ether oxygens (including phenoxy) is 1. The molecule has 0 saturated carbocycles. The van der Waals surface area contributed by atoms with E-state index in [2.05, 4.69) is 10.3 Å². The molecule has 1 aliphatic rings. The maximum Gasteiger partial charge on any atom is 0.261 e. The summed E-state index contributed by atoms with van der Waals surface area (Å²) < 4.78 is 5.45. The summed E-state index contributed by atoms with van der Waals surface area (Å²) in [4.78, 5) is 32.6. The minimum atomic E-state index is -0.220. The van der Waals surface area contributed by atoms with Crippen LogP contribution in [0.3, 0.4) is 0 Å². The van der Waals surface area contributed by atoms with E-state index in [4.69, 9.17) is 4.74 Å². The first-order chi connectivity index (χ1) is 15.2. The minimum absolute atomic E-state index is 0.0476. The predicted molar refractivity (Wildman–Crippen MR) is 121 cm³/mol. The summed E-state index contributed by atoms with van der Waals surface area (Å²) in [7, 11) is 0. The van der Waals surface area contributed by atoms with E-state index in [1.165, 1.54) is 16.7 Å². The van der Waals surface area contributed by atoms with E-state index in [0.29, 0.717) is 30.2 Å². The highest BCUT2D eigenvalue weighted by molar-refractivity contribution is 7.99. The fourth-order valence-electron chi connectivity index (χ4n) is 3.38. The molecule has 7 heteroatoms. The third-order valence-electron chi connectivity index (χ3n) is 4.88. The fraction of sp³-hybridized carbons (Fsp3) is 0.208. The molecule has 0 fully saturated rings. The minimum Gasteiger partial charge on any atom is -0.494 e. The Bertz CT molecular complexity index is 1090. The molecule has 0 atom stereocenters. The summed E-state index contributed by atoms with van der Waals surface area (Å²) in [5.41, 5.74) is 2.33. The number of carbonyl (C=O) groups excluding carboxylic acids is 2. The summed E-state index contributed by atoms with van der Waals surface area (Å²) in [6, 6.07) is 18.9. The third kappa shape index (κ3) is 4.88. The number of para-hydroxylation sites is 1. The van der Waals surface area contributed by atoms with Crippen LogP contribution >= 0.6 is 11.8 Å². The number of nitrogens with one attached hydrogen (secondary N) is 1. The van der Waals surface area contributed by atoms with Crippen LogP contribution in [-0.2, 0) is 11.2 Å².